The van der Waals surface area contributed by atoms with E-state index in [2.05, 4.69) is 16.4 Å². The Bertz CT molecular complexity index is 1040. The molecule has 28 heavy (non-hydrogen) atoms. The molecule has 2 aromatic carbocycles. The van der Waals surface area contributed by atoms with Gasteiger partial charge in [-0.15, -0.1) is 0 Å². The first kappa shape index (κ1) is 18.4. The van der Waals surface area contributed by atoms with E-state index in [1.54, 1.807) is 12.3 Å². The molecule has 3 aromatic rings. The second-order valence-corrected chi connectivity index (χ2v) is 7.18. The van der Waals surface area contributed by atoms with Crippen molar-refractivity contribution in [2.24, 2.45) is 0 Å². The highest BCUT2D eigenvalue weighted by Gasteiger charge is 2.27. The van der Waals surface area contributed by atoms with Crippen LogP contribution in [0.1, 0.15) is 21.5 Å². The standard InChI is InChI=1S/C22H18ClFN2O2/c1-13-9-14-11-15(12-26-22(27)16-5-4-6-18(23)20(16)24)28-21(14)17(10-13)19-7-2-3-8-25-19/h2-10,15H,11-12H2,1H3,(H,26,27)/t15-/m0/s1. The van der Waals surface area contributed by atoms with E-state index in [0.29, 0.717) is 6.42 Å². The molecule has 6 heteroatoms. The van der Waals surface area contributed by atoms with Crippen molar-refractivity contribution in [2.75, 3.05) is 6.54 Å². The monoisotopic (exact) mass is 396 g/mol. The van der Waals surface area contributed by atoms with Crippen LogP contribution in [-0.4, -0.2) is 23.5 Å². The highest BCUT2D eigenvalue weighted by atomic mass is 35.5. The normalized spacial score (nSPS) is 15.0. The summed E-state index contributed by atoms with van der Waals surface area (Å²) in [4.78, 5) is 16.7. The molecule has 1 atom stereocenters. The Balaban J connectivity index is 1.50. The highest BCUT2D eigenvalue weighted by molar-refractivity contribution is 6.31. The molecule has 0 saturated heterocycles. The van der Waals surface area contributed by atoms with Crippen LogP contribution in [-0.2, 0) is 6.42 Å². The van der Waals surface area contributed by atoms with Crippen LogP contribution >= 0.6 is 11.6 Å². The molecule has 0 saturated carbocycles. The number of aromatic nitrogens is 1. The van der Waals surface area contributed by atoms with E-state index in [9.17, 15) is 9.18 Å². The molecule has 0 bridgehead atoms. The predicted molar refractivity (Wildman–Crippen MR) is 106 cm³/mol. The summed E-state index contributed by atoms with van der Waals surface area (Å²) >= 11 is 5.75. The van der Waals surface area contributed by atoms with Gasteiger partial charge in [0, 0.05) is 18.2 Å². The average molecular weight is 397 g/mol. The van der Waals surface area contributed by atoms with Crippen LogP contribution in [0.5, 0.6) is 5.75 Å². The second kappa shape index (κ2) is 7.60. The fourth-order valence-corrected chi connectivity index (χ4v) is 3.57. The first-order valence-corrected chi connectivity index (χ1v) is 9.34. The maximum Gasteiger partial charge on any atom is 0.254 e. The van der Waals surface area contributed by atoms with Gasteiger partial charge in [0.05, 0.1) is 22.8 Å². The van der Waals surface area contributed by atoms with E-state index >= 15 is 0 Å². The van der Waals surface area contributed by atoms with Crippen molar-refractivity contribution in [3.8, 4) is 17.0 Å². The predicted octanol–water partition coefficient (Wildman–Crippen LogP) is 4.58. The summed E-state index contributed by atoms with van der Waals surface area (Å²) in [6.45, 7) is 2.30. The van der Waals surface area contributed by atoms with E-state index in [1.165, 1.54) is 12.1 Å². The van der Waals surface area contributed by atoms with E-state index in [4.69, 9.17) is 16.3 Å². The smallest absolute Gasteiger partial charge is 0.254 e. The average Bonchev–Trinajstić information content (AvgIpc) is 3.11. The van der Waals surface area contributed by atoms with E-state index in [-0.39, 0.29) is 23.2 Å². The second-order valence-electron chi connectivity index (χ2n) is 6.77. The number of hydrogen-bond donors (Lipinski definition) is 1. The SMILES string of the molecule is Cc1cc2c(c(-c3ccccn3)c1)O[C@H](CNC(=O)c1cccc(Cl)c1F)C2. The van der Waals surface area contributed by atoms with Crippen molar-refractivity contribution in [3.63, 3.8) is 0 Å². The molecule has 2 heterocycles. The van der Waals surface area contributed by atoms with Crippen molar-refractivity contribution in [1.82, 2.24) is 10.3 Å². The lowest BCUT2D eigenvalue weighted by molar-refractivity contribution is 0.0929. The molecule has 4 nitrogen and oxygen atoms in total. The van der Waals surface area contributed by atoms with Crippen LogP contribution < -0.4 is 10.1 Å². The molecule has 1 amide bonds. The molecular weight excluding hydrogens is 379 g/mol. The molecule has 1 aromatic heterocycles. The van der Waals surface area contributed by atoms with Gasteiger partial charge in [0.2, 0.25) is 0 Å². The molecule has 0 radical (unpaired) electrons. The first-order chi connectivity index (χ1) is 13.5. The summed E-state index contributed by atoms with van der Waals surface area (Å²) in [5, 5.41) is 2.66. The number of pyridine rings is 1. The Hall–Kier alpha value is -2.92. The van der Waals surface area contributed by atoms with E-state index < -0.39 is 11.7 Å². The van der Waals surface area contributed by atoms with E-state index in [0.717, 1.165) is 28.1 Å². The molecule has 0 spiro atoms. The molecule has 1 aliphatic heterocycles. The minimum absolute atomic E-state index is 0.0759. The Morgan fingerprint density at radius 1 is 1.29 bits per heavy atom. The van der Waals surface area contributed by atoms with Crippen molar-refractivity contribution in [3.05, 3.63) is 82.3 Å². The number of nitrogens with zero attached hydrogens (tertiary/aromatic N) is 1. The Labute approximate surface area is 167 Å². The third-order valence-electron chi connectivity index (χ3n) is 4.67. The summed E-state index contributed by atoms with van der Waals surface area (Å²) in [5.74, 6) is -0.441. The number of nitrogens with one attached hydrogen (secondary N) is 1. The zero-order chi connectivity index (χ0) is 19.7. The number of ether oxygens (including phenoxy) is 1. The van der Waals surface area contributed by atoms with Gasteiger partial charge in [-0.1, -0.05) is 29.8 Å². The maximum absolute atomic E-state index is 14.0. The summed E-state index contributed by atoms with van der Waals surface area (Å²) in [6, 6.07) is 14.2. The third kappa shape index (κ3) is 3.58. The van der Waals surface area contributed by atoms with Gasteiger partial charge in [-0.2, -0.15) is 0 Å². The molecule has 0 aliphatic carbocycles. The molecular formula is C22H18ClFN2O2. The summed E-state index contributed by atoms with van der Waals surface area (Å²) in [5.41, 5.74) is 3.90. The molecule has 1 aliphatic rings. The zero-order valence-electron chi connectivity index (χ0n) is 15.2. The number of aryl methyl sites for hydroxylation is 1. The van der Waals surface area contributed by atoms with Gasteiger partial charge < -0.3 is 10.1 Å². The van der Waals surface area contributed by atoms with Crippen LogP contribution in [0.3, 0.4) is 0 Å². The topological polar surface area (TPSA) is 51.2 Å². The minimum atomic E-state index is -0.717. The number of carbonyl (C=O) groups excluding carboxylic acids is 1. The first-order valence-electron chi connectivity index (χ1n) is 8.96. The quantitative estimate of drug-likeness (QED) is 0.702. The number of halogens is 2. The lowest BCUT2D eigenvalue weighted by atomic mass is 10.0. The van der Waals surface area contributed by atoms with Gasteiger partial charge in [0.25, 0.3) is 5.91 Å². The van der Waals surface area contributed by atoms with Gasteiger partial charge in [-0.25, -0.2) is 4.39 Å². The van der Waals surface area contributed by atoms with Gasteiger partial charge in [0.1, 0.15) is 11.9 Å². The van der Waals surface area contributed by atoms with Crippen LogP contribution in [0, 0.1) is 12.7 Å². The maximum atomic E-state index is 14.0. The van der Waals surface area contributed by atoms with Crippen molar-refractivity contribution >= 4 is 17.5 Å². The molecule has 1 N–H and O–H groups in total. The molecule has 4 rings (SSSR count). The number of fused-ring (bicyclic) bond motifs is 1. The Kier molecular flexibility index (Phi) is 5.01. The summed E-state index contributed by atoms with van der Waals surface area (Å²) < 4.78 is 20.1. The zero-order valence-corrected chi connectivity index (χ0v) is 16.0. The molecule has 0 fully saturated rings. The number of benzene rings is 2. The van der Waals surface area contributed by atoms with Gasteiger partial charge in [-0.3, -0.25) is 9.78 Å². The number of amides is 1. The van der Waals surface area contributed by atoms with Crippen molar-refractivity contribution in [2.45, 2.75) is 19.4 Å². The van der Waals surface area contributed by atoms with Crippen molar-refractivity contribution < 1.29 is 13.9 Å². The summed E-state index contributed by atoms with van der Waals surface area (Å²) in [7, 11) is 0. The van der Waals surface area contributed by atoms with Gasteiger partial charge in [-0.05, 0) is 48.4 Å². The highest BCUT2D eigenvalue weighted by Crippen LogP contribution is 2.39. The fraction of sp³-hybridized carbons (Fsp3) is 0.182. The lowest BCUT2D eigenvalue weighted by Crippen LogP contribution is -2.34. The van der Waals surface area contributed by atoms with Crippen LogP contribution in [0.15, 0.2) is 54.7 Å². The van der Waals surface area contributed by atoms with Crippen molar-refractivity contribution in [1.29, 1.82) is 0 Å². The van der Waals surface area contributed by atoms with Gasteiger partial charge >= 0.3 is 0 Å². The van der Waals surface area contributed by atoms with Gasteiger partial charge in [0.15, 0.2) is 5.82 Å². The van der Waals surface area contributed by atoms with Crippen LogP contribution in [0.25, 0.3) is 11.3 Å². The molecule has 142 valence electrons. The molecule has 0 unspecified atom stereocenters. The number of rotatable bonds is 4. The minimum Gasteiger partial charge on any atom is -0.487 e. The Morgan fingerprint density at radius 2 is 2.14 bits per heavy atom. The van der Waals surface area contributed by atoms with Crippen LogP contribution in [0.2, 0.25) is 5.02 Å². The van der Waals surface area contributed by atoms with E-state index in [1.807, 2.05) is 31.2 Å². The number of hydrogen-bond acceptors (Lipinski definition) is 3. The number of carbonyl (C=O) groups is 1. The fourth-order valence-electron chi connectivity index (χ4n) is 3.40. The lowest BCUT2D eigenvalue weighted by Gasteiger charge is -2.14. The summed E-state index contributed by atoms with van der Waals surface area (Å²) in [6.07, 6.45) is 2.18. The Morgan fingerprint density at radius 3 is 2.93 bits per heavy atom. The largest absolute Gasteiger partial charge is 0.487 e. The van der Waals surface area contributed by atoms with Crippen LogP contribution in [0.4, 0.5) is 4.39 Å². The third-order valence-corrected chi connectivity index (χ3v) is 4.96.